The molecule has 17 heavy (non-hydrogen) atoms. The molecule has 1 aromatic carbocycles. The van der Waals surface area contributed by atoms with Crippen molar-refractivity contribution in [2.75, 3.05) is 0 Å². The van der Waals surface area contributed by atoms with Gasteiger partial charge in [0.2, 0.25) is 0 Å². The maximum Gasteiger partial charge on any atom is 0.126 e. The number of alkyl halides is 1. The van der Waals surface area contributed by atoms with Crippen molar-refractivity contribution in [3.8, 4) is 0 Å². The van der Waals surface area contributed by atoms with Crippen LogP contribution in [0.2, 0.25) is 0 Å². The van der Waals surface area contributed by atoms with Crippen molar-refractivity contribution in [2.45, 2.75) is 26.1 Å². The van der Waals surface area contributed by atoms with Gasteiger partial charge in [-0.2, -0.15) is 0 Å². The first-order valence-electron chi connectivity index (χ1n) is 5.46. The first kappa shape index (κ1) is 12.6. The molecule has 2 aromatic rings. The van der Waals surface area contributed by atoms with E-state index in [1.807, 2.05) is 6.07 Å². The molecule has 0 saturated heterocycles. The van der Waals surface area contributed by atoms with E-state index in [-0.39, 0.29) is 11.2 Å². The maximum atomic E-state index is 13.2. The summed E-state index contributed by atoms with van der Waals surface area (Å²) in [4.78, 5) is 2.48. The first-order valence-corrected chi connectivity index (χ1v) is 6.71. The third-order valence-electron chi connectivity index (χ3n) is 2.83. The van der Waals surface area contributed by atoms with Crippen LogP contribution in [0.3, 0.4) is 0 Å². The molecule has 1 aromatic heterocycles. The Bertz CT molecular complexity index is 545. The third kappa shape index (κ3) is 2.53. The van der Waals surface area contributed by atoms with Crippen molar-refractivity contribution >= 4 is 22.9 Å². The molecule has 1 atom stereocenters. The van der Waals surface area contributed by atoms with E-state index >= 15 is 0 Å². The lowest BCUT2D eigenvalue weighted by atomic mass is 10.0. The van der Waals surface area contributed by atoms with Gasteiger partial charge in [-0.25, -0.2) is 4.39 Å². The SMILES string of the molecule is Cc1cc(C(Cl)c2ccc(F)c(C)c2)c(C)s1. The van der Waals surface area contributed by atoms with E-state index in [9.17, 15) is 4.39 Å². The van der Waals surface area contributed by atoms with Gasteiger partial charge in [0, 0.05) is 9.75 Å². The van der Waals surface area contributed by atoms with Crippen molar-refractivity contribution in [1.29, 1.82) is 0 Å². The predicted octanol–water partition coefficient (Wildman–Crippen LogP) is 5.14. The van der Waals surface area contributed by atoms with Crippen LogP contribution in [0, 0.1) is 26.6 Å². The van der Waals surface area contributed by atoms with Crippen LogP contribution in [0.4, 0.5) is 4.39 Å². The van der Waals surface area contributed by atoms with Crippen LogP contribution in [0.1, 0.15) is 31.8 Å². The van der Waals surface area contributed by atoms with Crippen LogP contribution in [0.25, 0.3) is 0 Å². The second kappa shape index (κ2) is 4.79. The van der Waals surface area contributed by atoms with Crippen molar-refractivity contribution in [2.24, 2.45) is 0 Å². The standard InChI is InChI=1S/C14H14ClFS/c1-8-6-11(4-5-13(8)16)14(15)12-7-9(2)17-10(12)3/h4-7,14H,1-3H3. The second-order valence-corrected chi connectivity index (χ2v) is 6.14. The Morgan fingerprint density at radius 2 is 1.88 bits per heavy atom. The normalized spacial score (nSPS) is 12.8. The van der Waals surface area contributed by atoms with E-state index in [0.717, 1.165) is 11.1 Å². The fourth-order valence-corrected chi connectivity index (χ4v) is 3.30. The first-order chi connectivity index (χ1) is 7.99. The summed E-state index contributed by atoms with van der Waals surface area (Å²) in [6.07, 6.45) is 0. The molecule has 0 bridgehead atoms. The Hall–Kier alpha value is -0.860. The molecule has 0 spiro atoms. The van der Waals surface area contributed by atoms with Gasteiger partial charge in [0.05, 0.1) is 5.38 Å². The summed E-state index contributed by atoms with van der Waals surface area (Å²) < 4.78 is 13.2. The number of benzene rings is 1. The molecule has 0 amide bonds. The molecule has 0 fully saturated rings. The minimum atomic E-state index is -0.195. The van der Waals surface area contributed by atoms with Gasteiger partial charge in [0.25, 0.3) is 0 Å². The second-order valence-electron chi connectivity index (χ2n) is 4.24. The lowest BCUT2D eigenvalue weighted by Crippen LogP contribution is -1.95. The Morgan fingerprint density at radius 1 is 1.18 bits per heavy atom. The summed E-state index contributed by atoms with van der Waals surface area (Å²) in [5.41, 5.74) is 2.71. The van der Waals surface area contributed by atoms with E-state index in [1.165, 1.54) is 15.8 Å². The van der Waals surface area contributed by atoms with Gasteiger partial charge in [0.15, 0.2) is 0 Å². The van der Waals surface area contributed by atoms with E-state index in [0.29, 0.717) is 5.56 Å². The van der Waals surface area contributed by atoms with Gasteiger partial charge >= 0.3 is 0 Å². The highest BCUT2D eigenvalue weighted by molar-refractivity contribution is 7.12. The summed E-state index contributed by atoms with van der Waals surface area (Å²) in [7, 11) is 0. The van der Waals surface area contributed by atoms with Crippen molar-refractivity contribution in [1.82, 2.24) is 0 Å². The zero-order valence-electron chi connectivity index (χ0n) is 10.1. The molecule has 90 valence electrons. The zero-order valence-corrected chi connectivity index (χ0v) is 11.6. The summed E-state index contributed by atoms with van der Waals surface area (Å²) in [5, 5.41) is -0.195. The summed E-state index contributed by atoms with van der Waals surface area (Å²) in [6, 6.07) is 7.16. The van der Waals surface area contributed by atoms with Crippen LogP contribution in [0.15, 0.2) is 24.3 Å². The molecule has 0 saturated carbocycles. The highest BCUT2D eigenvalue weighted by atomic mass is 35.5. The molecule has 0 radical (unpaired) electrons. The van der Waals surface area contributed by atoms with Crippen molar-refractivity contribution in [3.63, 3.8) is 0 Å². The van der Waals surface area contributed by atoms with Crippen molar-refractivity contribution in [3.05, 3.63) is 56.5 Å². The quantitative estimate of drug-likeness (QED) is 0.662. The molecule has 0 nitrogen and oxygen atoms in total. The number of thiophene rings is 1. The Kier molecular flexibility index (Phi) is 3.55. The maximum absolute atomic E-state index is 13.2. The summed E-state index contributed by atoms with van der Waals surface area (Å²) >= 11 is 8.20. The topological polar surface area (TPSA) is 0 Å². The lowest BCUT2D eigenvalue weighted by Gasteiger charge is -2.10. The average Bonchev–Trinajstić information content (AvgIpc) is 2.61. The van der Waals surface area contributed by atoms with E-state index in [2.05, 4.69) is 19.9 Å². The van der Waals surface area contributed by atoms with Gasteiger partial charge in [-0.05, 0) is 49.6 Å². The van der Waals surface area contributed by atoms with Crippen molar-refractivity contribution < 1.29 is 4.39 Å². The fourth-order valence-electron chi connectivity index (χ4n) is 1.91. The van der Waals surface area contributed by atoms with E-state index < -0.39 is 0 Å². The average molecular weight is 269 g/mol. The number of halogens is 2. The molecule has 0 aliphatic heterocycles. The highest BCUT2D eigenvalue weighted by Crippen LogP contribution is 2.35. The van der Waals surface area contributed by atoms with Crippen LogP contribution >= 0.6 is 22.9 Å². The number of rotatable bonds is 2. The Morgan fingerprint density at radius 3 is 2.41 bits per heavy atom. The molecule has 0 N–H and O–H groups in total. The summed E-state index contributed by atoms with van der Waals surface area (Å²) in [5.74, 6) is -0.184. The molecule has 1 unspecified atom stereocenters. The molecule has 3 heteroatoms. The summed E-state index contributed by atoms with van der Waals surface area (Å²) in [6.45, 7) is 5.90. The number of aryl methyl sites for hydroxylation is 3. The number of hydrogen-bond donors (Lipinski definition) is 0. The zero-order chi connectivity index (χ0) is 12.6. The van der Waals surface area contributed by atoms with Crippen LogP contribution < -0.4 is 0 Å². The Labute approximate surface area is 110 Å². The van der Waals surface area contributed by atoms with Crippen LogP contribution in [0.5, 0.6) is 0 Å². The molecule has 0 aliphatic carbocycles. The molecular formula is C14H14ClFS. The fraction of sp³-hybridized carbons (Fsp3) is 0.286. The van der Waals surface area contributed by atoms with Gasteiger partial charge in [-0.3, -0.25) is 0 Å². The van der Waals surface area contributed by atoms with E-state index in [4.69, 9.17) is 11.6 Å². The van der Waals surface area contributed by atoms with Gasteiger partial charge in [-0.1, -0.05) is 12.1 Å². The van der Waals surface area contributed by atoms with Crippen LogP contribution in [-0.2, 0) is 0 Å². The molecule has 2 rings (SSSR count). The lowest BCUT2D eigenvalue weighted by molar-refractivity contribution is 0.617. The number of hydrogen-bond acceptors (Lipinski definition) is 1. The smallest absolute Gasteiger partial charge is 0.126 e. The van der Waals surface area contributed by atoms with E-state index in [1.54, 1.807) is 24.3 Å². The minimum absolute atomic E-state index is 0.184. The highest BCUT2D eigenvalue weighted by Gasteiger charge is 2.16. The third-order valence-corrected chi connectivity index (χ3v) is 4.30. The van der Waals surface area contributed by atoms with Crippen LogP contribution in [-0.4, -0.2) is 0 Å². The molecule has 0 aliphatic rings. The van der Waals surface area contributed by atoms with Gasteiger partial charge in [0.1, 0.15) is 5.82 Å². The predicted molar refractivity (Wildman–Crippen MR) is 72.6 cm³/mol. The molecule has 1 heterocycles. The monoisotopic (exact) mass is 268 g/mol. The van der Waals surface area contributed by atoms with Gasteiger partial charge in [-0.15, -0.1) is 22.9 Å². The van der Waals surface area contributed by atoms with Gasteiger partial charge < -0.3 is 0 Å². The minimum Gasteiger partial charge on any atom is -0.207 e. The largest absolute Gasteiger partial charge is 0.207 e. The Balaban J connectivity index is 2.40. The molecular weight excluding hydrogens is 255 g/mol.